The number of hydrogen-bond acceptors (Lipinski definition) is 2. The Morgan fingerprint density at radius 2 is 1.56 bits per heavy atom. The van der Waals surface area contributed by atoms with Crippen molar-refractivity contribution in [2.75, 3.05) is 7.11 Å². The predicted octanol–water partition coefficient (Wildman–Crippen LogP) is 4.58. The maximum Gasteiger partial charge on any atom is 0.140 e. The zero-order valence-electron chi connectivity index (χ0n) is 9.82. The molecule has 94 valence electrons. The fourth-order valence-electron chi connectivity index (χ4n) is 1.51. The van der Waals surface area contributed by atoms with Gasteiger partial charge >= 0.3 is 0 Å². The summed E-state index contributed by atoms with van der Waals surface area (Å²) in [7, 11) is 1.54. The minimum absolute atomic E-state index is 0.448. The fourth-order valence-corrected chi connectivity index (χ4v) is 1.95. The Labute approximate surface area is 116 Å². The van der Waals surface area contributed by atoms with Gasteiger partial charge in [-0.3, -0.25) is 0 Å². The highest BCUT2D eigenvalue weighted by Crippen LogP contribution is 2.35. The zero-order valence-corrected chi connectivity index (χ0v) is 11.3. The monoisotopic (exact) mass is 282 g/mol. The van der Waals surface area contributed by atoms with Crippen molar-refractivity contribution in [1.29, 1.82) is 0 Å². The molecule has 0 unspecified atom stereocenters. The molecule has 2 rings (SSSR count). The van der Waals surface area contributed by atoms with Gasteiger partial charge in [0.25, 0.3) is 0 Å². The van der Waals surface area contributed by atoms with E-state index in [9.17, 15) is 0 Å². The van der Waals surface area contributed by atoms with Crippen LogP contribution < -0.4 is 9.47 Å². The molecule has 0 fully saturated rings. The van der Waals surface area contributed by atoms with Gasteiger partial charge in [-0.25, -0.2) is 0 Å². The maximum absolute atomic E-state index is 6.08. The summed E-state index contributed by atoms with van der Waals surface area (Å²) in [5.41, 5.74) is 1.07. The third kappa shape index (κ3) is 3.09. The summed E-state index contributed by atoms with van der Waals surface area (Å²) < 4.78 is 10.7. The van der Waals surface area contributed by atoms with Crippen LogP contribution in [0.2, 0.25) is 10.0 Å². The average Bonchev–Trinajstić information content (AvgIpc) is 2.40. The first-order valence-corrected chi connectivity index (χ1v) is 6.16. The minimum Gasteiger partial charge on any atom is -0.495 e. The quantitative estimate of drug-likeness (QED) is 0.817. The lowest BCUT2D eigenvalue weighted by Gasteiger charge is -2.10. The van der Waals surface area contributed by atoms with E-state index in [0.29, 0.717) is 28.2 Å². The number of hydrogen-bond donors (Lipinski definition) is 0. The van der Waals surface area contributed by atoms with E-state index in [0.717, 1.165) is 5.56 Å². The molecule has 2 aromatic carbocycles. The second-order valence-electron chi connectivity index (χ2n) is 3.69. The highest BCUT2D eigenvalue weighted by atomic mass is 35.5. The van der Waals surface area contributed by atoms with Crippen LogP contribution in [0, 0.1) is 0 Å². The minimum atomic E-state index is 0.448. The Morgan fingerprint density at radius 1 is 0.944 bits per heavy atom. The van der Waals surface area contributed by atoms with Crippen LogP contribution in [-0.2, 0) is 6.61 Å². The van der Waals surface area contributed by atoms with Gasteiger partial charge in [0.2, 0.25) is 0 Å². The van der Waals surface area contributed by atoms with Crippen LogP contribution in [0.5, 0.6) is 11.5 Å². The Hall–Kier alpha value is -1.38. The van der Waals surface area contributed by atoms with Gasteiger partial charge in [-0.05, 0) is 5.56 Å². The summed E-state index contributed by atoms with van der Waals surface area (Å²) in [6.07, 6.45) is 0. The van der Waals surface area contributed by atoms with Crippen LogP contribution in [0.3, 0.4) is 0 Å². The average molecular weight is 283 g/mol. The van der Waals surface area contributed by atoms with Crippen molar-refractivity contribution >= 4 is 23.2 Å². The van der Waals surface area contributed by atoms with Crippen LogP contribution in [-0.4, -0.2) is 7.11 Å². The molecular weight excluding hydrogens is 271 g/mol. The highest BCUT2D eigenvalue weighted by molar-refractivity contribution is 6.35. The Kier molecular flexibility index (Phi) is 4.34. The normalized spacial score (nSPS) is 10.2. The molecule has 0 aliphatic heterocycles. The van der Waals surface area contributed by atoms with Gasteiger partial charge in [0.15, 0.2) is 0 Å². The number of benzene rings is 2. The second-order valence-corrected chi connectivity index (χ2v) is 4.51. The number of ether oxygens (including phenoxy) is 2. The van der Waals surface area contributed by atoms with Gasteiger partial charge in [-0.1, -0.05) is 53.5 Å². The van der Waals surface area contributed by atoms with Crippen molar-refractivity contribution in [1.82, 2.24) is 0 Å². The Bertz CT molecular complexity index is 527. The third-order valence-electron chi connectivity index (χ3n) is 2.44. The molecule has 18 heavy (non-hydrogen) atoms. The van der Waals surface area contributed by atoms with E-state index in [4.69, 9.17) is 32.7 Å². The molecule has 0 heterocycles. The first kappa shape index (κ1) is 13.1. The van der Waals surface area contributed by atoms with Gasteiger partial charge in [0, 0.05) is 12.1 Å². The van der Waals surface area contributed by atoms with E-state index >= 15 is 0 Å². The number of methoxy groups -OCH3 is 1. The van der Waals surface area contributed by atoms with Gasteiger partial charge < -0.3 is 9.47 Å². The van der Waals surface area contributed by atoms with E-state index in [2.05, 4.69) is 0 Å². The summed E-state index contributed by atoms with van der Waals surface area (Å²) in [6, 6.07) is 13.2. The molecule has 2 aromatic rings. The second kappa shape index (κ2) is 5.98. The number of halogens is 2. The molecule has 0 amide bonds. The topological polar surface area (TPSA) is 18.5 Å². The standard InChI is InChI=1S/C14H12Cl2O2/c1-17-13-7-12(16)14(8-11(13)15)18-9-10-5-3-2-4-6-10/h2-8H,9H2,1H3. The molecular formula is C14H12Cl2O2. The molecule has 0 N–H and O–H groups in total. The lowest BCUT2D eigenvalue weighted by molar-refractivity contribution is 0.305. The van der Waals surface area contributed by atoms with E-state index in [1.54, 1.807) is 19.2 Å². The molecule has 0 spiro atoms. The third-order valence-corrected chi connectivity index (χ3v) is 3.03. The molecule has 0 atom stereocenters. The molecule has 4 heteroatoms. The van der Waals surface area contributed by atoms with Crippen molar-refractivity contribution < 1.29 is 9.47 Å². The number of rotatable bonds is 4. The lowest BCUT2D eigenvalue weighted by atomic mass is 10.2. The summed E-state index contributed by atoms with van der Waals surface area (Å²) in [4.78, 5) is 0. The molecule has 0 saturated carbocycles. The van der Waals surface area contributed by atoms with Crippen molar-refractivity contribution in [2.45, 2.75) is 6.61 Å². The Morgan fingerprint density at radius 3 is 2.22 bits per heavy atom. The molecule has 0 aliphatic rings. The summed E-state index contributed by atoms with van der Waals surface area (Å²) in [5, 5.41) is 0.956. The fraction of sp³-hybridized carbons (Fsp3) is 0.143. The SMILES string of the molecule is COc1cc(Cl)c(OCc2ccccc2)cc1Cl. The van der Waals surface area contributed by atoms with Crippen molar-refractivity contribution in [3.05, 3.63) is 58.1 Å². The summed E-state index contributed by atoms with van der Waals surface area (Å²) >= 11 is 12.1. The largest absolute Gasteiger partial charge is 0.495 e. The summed E-state index contributed by atoms with van der Waals surface area (Å²) in [5.74, 6) is 1.08. The first-order chi connectivity index (χ1) is 8.70. The molecule has 0 radical (unpaired) electrons. The van der Waals surface area contributed by atoms with E-state index < -0.39 is 0 Å². The van der Waals surface area contributed by atoms with Crippen LogP contribution in [0.15, 0.2) is 42.5 Å². The van der Waals surface area contributed by atoms with E-state index in [-0.39, 0.29) is 0 Å². The van der Waals surface area contributed by atoms with Gasteiger partial charge in [0.1, 0.15) is 18.1 Å². The molecule has 0 saturated heterocycles. The summed E-state index contributed by atoms with van der Waals surface area (Å²) in [6.45, 7) is 0.448. The van der Waals surface area contributed by atoms with Crippen molar-refractivity contribution in [3.8, 4) is 11.5 Å². The highest BCUT2D eigenvalue weighted by Gasteiger charge is 2.08. The van der Waals surface area contributed by atoms with Crippen LogP contribution in [0.4, 0.5) is 0 Å². The first-order valence-electron chi connectivity index (χ1n) is 5.40. The smallest absolute Gasteiger partial charge is 0.140 e. The van der Waals surface area contributed by atoms with Gasteiger partial charge in [0.05, 0.1) is 17.2 Å². The van der Waals surface area contributed by atoms with Crippen molar-refractivity contribution in [2.24, 2.45) is 0 Å². The van der Waals surface area contributed by atoms with Crippen LogP contribution >= 0.6 is 23.2 Å². The maximum atomic E-state index is 6.08. The zero-order chi connectivity index (χ0) is 13.0. The molecule has 0 aromatic heterocycles. The van der Waals surface area contributed by atoms with Crippen LogP contribution in [0.25, 0.3) is 0 Å². The molecule has 0 aliphatic carbocycles. The van der Waals surface area contributed by atoms with E-state index in [1.165, 1.54) is 0 Å². The Balaban J connectivity index is 2.13. The molecule has 2 nitrogen and oxygen atoms in total. The lowest BCUT2D eigenvalue weighted by Crippen LogP contribution is -1.96. The van der Waals surface area contributed by atoms with Gasteiger partial charge in [-0.15, -0.1) is 0 Å². The van der Waals surface area contributed by atoms with Crippen LogP contribution in [0.1, 0.15) is 5.56 Å². The predicted molar refractivity (Wildman–Crippen MR) is 73.8 cm³/mol. The molecule has 0 bridgehead atoms. The van der Waals surface area contributed by atoms with Gasteiger partial charge in [-0.2, -0.15) is 0 Å². The van der Waals surface area contributed by atoms with Crippen molar-refractivity contribution in [3.63, 3.8) is 0 Å². The van der Waals surface area contributed by atoms with E-state index in [1.807, 2.05) is 30.3 Å².